The monoisotopic (exact) mass is 278 g/mol. The summed E-state index contributed by atoms with van der Waals surface area (Å²) in [6, 6.07) is 6.93. The van der Waals surface area contributed by atoms with Crippen molar-refractivity contribution in [1.29, 1.82) is 0 Å². The molecule has 0 aromatic heterocycles. The molecular formula is C15H22N2O3. The highest BCUT2D eigenvalue weighted by atomic mass is 16.5. The Morgan fingerprint density at radius 3 is 2.35 bits per heavy atom. The molecule has 0 aliphatic heterocycles. The van der Waals surface area contributed by atoms with Crippen LogP contribution in [0.2, 0.25) is 0 Å². The minimum Gasteiger partial charge on any atom is -0.465 e. The summed E-state index contributed by atoms with van der Waals surface area (Å²) >= 11 is 0. The van der Waals surface area contributed by atoms with Crippen LogP contribution in [0.4, 0.5) is 0 Å². The Morgan fingerprint density at radius 1 is 1.30 bits per heavy atom. The second-order valence-corrected chi connectivity index (χ2v) is 4.99. The van der Waals surface area contributed by atoms with Crippen LogP contribution in [0.15, 0.2) is 24.3 Å². The van der Waals surface area contributed by atoms with Crippen molar-refractivity contribution < 1.29 is 14.3 Å². The maximum atomic E-state index is 12.1. The highest BCUT2D eigenvalue weighted by Gasteiger charge is 2.29. The summed E-state index contributed by atoms with van der Waals surface area (Å²) in [4.78, 5) is 23.4. The largest absolute Gasteiger partial charge is 0.465 e. The van der Waals surface area contributed by atoms with E-state index in [0.717, 1.165) is 5.56 Å². The molecule has 1 atom stereocenters. The molecule has 5 nitrogen and oxygen atoms in total. The fourth-order valence-electron chi connectivity index (χ4n) is 1.67. The van der Waals surface area contributed by atoms with Crippen LogP contribution in [0.5, 0.6) is 0 Å². The van der Waals surface area contributed by atoms with Crippen LogP contribution in [-0.2, 0) is 16.1 Å². The second-order valence-electron chi connectivity index (χ2n) is 4.99. The second kappa shape index (κ2) is 7.05. The van der Waals surface area contributed by atoms with Crippen molar-refractivity contribution >= 4 is 11.9 Å². The van der Waals surface area contributed by atoms with Gasteiger partial charge in [-0.2, -0.15) is 0 Å². The van der Waals surface area contributed by atoms with Crippen LogP contribution in [-0.4, -0.2) is 25.5 Å². The van der Waals surface area contributed by atoms with Gasteiger partial charge in [-0.3, -0.25) is 4.79 Å². The van der Waals surface area contributed by atoms with E-state index >= 15 is 0 Å². The maximum absolute atomic E-state index is 12.1. The number of carbonyl (C=O) groups excluding carboxylic acids is 2. The summed E-state index contributed by atoms with van der Waals surface area (Å²) in [7, 11) is 1.34. The van der Waals surface area contributed by atoms with Crippen molar-refractivity contribution in [3.8, 4) is 0 Å². The Labute approximate surface area is 119 Å². The zero-order valence-electron chi connectivity index (χ0n) is 12.2. The third-order valence-corrected chi connectivity index (χ3v) is 3.61. The molecule has 1 aromatic carbocycles. The van der Waals surface area contributed by atoms with Crippen molar-refractivity contribution in [2.24, 2.45) is 11.1 Å². The molecule has 1 amide bonds. The summed E-state index contributed by atoms with van der Waals surface area (Å²) in [5, 5.41) is 2.87. The predicted octanol–water partition coefficient (Wildman–Crippen LogP) is 1.46. The summed E-state index contributed by atoms with van der Waals surface area (Å²) < 4.78 is 4.63. The van der Waals surface area contributed by atoms with Crippen LogP contribution < -0.4 is 11.1 Å². The number of amides is 1. The van der Waals surface area contributed by atoms with Gasteiger partial charge in [-0.05, 0) is 31.0 Å². The highest BCUT2D eigenvalue weighted by molar-refractivity contribution is 5.89. The van der Waals surface area contributed by atoms with Gasteiger partial charge >= 0.3 is 5.97 Å². The molecule has 110 valence electrons. The first-order valence-electron chi connectivity index (χ1n) is 6.62. The summed E-state index contributed by atoms with van der Waals surface area (Å²) in [5.74, 6) is -0.429. The Kier molecular flexibility index (Phi) is 5.70. The van der Waals surface area contributed by atoms with Gasteiger partial charge < -0.3 is 15.8 Å². The Hall–Kier alpha value is -1.88. The zero-order chi connectivity index (χ0) is 15.2. The van der Waals surface area contributed by atoms with Gasteiger partial charge in [-0.15, -0.1) is 0 Å². The number of benzene rings is 1. The van der Waals surface area contributed by atoms with Gasteiger partial charge in [0, 0.05) is 13.1 Å². The number of nitrogens with one attached hydrogen (secondary N) is 1. The standard InChI is InChI=1S/C15H22N2O3/c1-4-15(2,10-16)14(19)17-9-11-5-7-12(8-6-11)13(18)20-3/h5-8H,4,9-10,16H2,1-3H3,(H,17,19). The molecule has 5 heteroatoms. The Morgan fingerprint density at radius 2 is 1.90 bits per heavy atom. The summed E-state index contributed by atoms with van der Waals surface area (Å²) in [6.07, 6.45) is 0.691. The molecule has 3 N–H and O–H groups in total. The van der Waals surface area contributed by atoms with E-state index in [9.17, 15) is 9.59 Å². The minimum absolute atomic E-state index is 0.0560. The van der Waals surface area contributed by atoms with E-state index in [0.29, 0.717) is 25.1 Å². The molecule has 0 aliphatic carbocycles. The molecule has 0 saturated heterocycles. The number of nitrogens with two attached hydrogens (primary N) is 1. The molecule has 0 spiro atoms. The molecule has 0 radical (unpaired) electrons. The number of esters is 1. The quantitative estimate of drug-likeness (QED) is 0.772. The Balaban J connectivity index is 2.62. The third kappa shape index (κ3) is 3.81. The molecule has 0 fully saturated rings. The number of methoxy groups -OCH3 is 1. The van der Waals surface area contributed by atoms with E-state index < -0.39 is 5.41 Å². The van der Waals surface area contributed by atoms with Crippen molar-refractivity contribution in [2.75, 3.05) is 13.7 Å². The molecule has 1 unspecified atom stereocenters. The van der Waals surface area contributed by atoms with E-state index in [-0.39, 0.29) is 11.9 Å². The molecule has 0 heterocycles. The lowest BCUT2D eigenvalue weighted by Gasteiger charge is -2.24. The average molecular weight is 278 g/mol. The normalized spacial score (nSPS) is 13.4. The maximum Gasteiger partial charge on any atom is 0.337 e. The lowest BCUT2D eigenvalue weighted by molar-refractivity contribution is -0.130. The first kappa shape index (κ1) is 16.2. The molecule has 0 aliphatic rings. The molecular weight excluding hydrogens is 256 g/mol. The third-order valence-electron chi connectivity index (χ3n) is 3.61. The van der Waals surface area contributed by atoms with E-state index in [4.69, 9.17) is 5.73 Å². The first-order chi connectivity index (χ1) is 9.46. The van der Waals surface area contributed by atoms with Gasteiger partial charge in [0.2, 0.25) is 5.91 Å². The van der Waals surface area contributed by atoms with Crippen molar-refractivity contribution in [3.05, 3.63) is 35.4 Å². The van der Waals surface area contributed by atoms with Gasteiger partial charge in [0.15, 0.2) is 0 Å². The molecule has 1 rings (SSSR count). The summed E-state index contributed by atoms with van der Waals surface area (Å²) in [5.41, 5.74) is 6.51. The average Bonchev–Trinajstić information content (AvgIpc) is 2.51. The lowest BCUT2D eigenvalue weighted by Crippen LogP contribution is -2.43. The van der Waals surface area contributed by atoms with E-state index in [1.807, 2.05) is 13.8 Å². The van der Waals surface area contributed by atoms with Crippen LogP contribution in [0, 0.1) is 5.41 Å². The van der Waals surface area contributed by atoms with Crippen LogP contribution in [0.1, 0.15) is 36.2 Å². The topological polar surface area (TPSA) is 81.4 Å². The molecule has 20 heavy (non-hydrogen) atoms. The number of hydrogen-bond acceptors (Lipinski definition) is 4. The fourth-order valence-corrected chi connectivity index (χ4v) is 1.67. The predicted molar refractivity (Wildman–Crippen MR) is 77.1 cm³/mol. The van der Waals surface area contributed by atoms with E-state index in [1.165, 1.54) is 7.11 Å². The van der Waals surface area contributed by atoms with Crippen LogP contribution >= 0.6 is 0 Å². The van der Waals surface area contributed by atoms with Gasteiger partial charge in [0.25, 0.3) is 0 Å². The number of hydrogen-bond donors (Lipinski definition) is 2. The Bertz CT molecular complexity index is 465. The van der Waals surface area contributed by atoms with Gasteiger partial charge in [-0.25, -0.2) is 4.79 Å². The fraction of sp³-hybridized carbons (Fsp3) is 0.467. The molecule has 0 bridgehead atoms. The van der Waals surface area contributed by atoms with Crippen LogP contribution in [0.3, 0.4) is 0 Å². The van der Waals surface area contributed by atoms with Gasteiger partial charge in [0.05, 0.1) is 18.1 Å². The smallest absolute Gasteiger partial charge is 0.337 e. The molecule has 0 saturated carbocycles. The minimum atomic E-state index is -0.536. The first-order valence-corrected chi connectivity index (χ1v) is 6.62. The van der Waals surface area contributed by atoms with E-state index in [1.54, 1.807) is 24.3 Å². The van der Waals surface area contributed by atoms with Crippen molar-refractivity contribution in [2.45, 2.75) is 26.8 Å². The van der Waals surface area contributed by atoms with Crippen molar-refractivity contribution in [3.63, 3.8) is 0 Å². The van der Waals surface area contributed by atoms with E-state index in [2.05, 4.69) is 10.1 Å². The number of carbonyl (C=O) groups is 2. The highest BCUT2D eigenvalue weighted by Crippen LogP contribution is 2.19. The number of rotatable bonds is 6. The van der Waals surface area contributed by atoms with Crippen molar-refractivity contribution in [1.82, 2.24) is 5.32 Å². The molecule has 1 aromatic rings. The van der Waals surface area contributed by atoms with Gasteiger partial charge in [0.1, 0.15) is 0 Å². The lowest BCUT2D eigenvalue weighted by atomic mass is 9.86. The number of ether oxygens (including phenoxy) is 1. The van der Waals surface area contributed by atoms with Crippen LogP contribution in [0.25, 0.3) is 0 Å². The summed E-state index contributed by atoms with van der Waals surface area (Å²) in [6.45, 7) is 4.52. The SMILES string of the molecule is CCC(C)(CN)C(=O)NCc1ccc(C(=O)OC)cc1. The zero-order valence-corrected chi connectivity index (χ0v) is 12.2. The van der Waals surface area contributed by atoms with Gasteiger partial charge in [-0.1, -0.05) is 19.1 Å².